The number of hydrogen-bond donors (Lipinski definition) is 1. The smallest absolute Gasteiger partial charge is 0.288 e. The summed E-state index contributed by atoms with van der Waals surface area (Å²) in [5.74, 6) is 2.11. The average molecular weight is 310 g/mol. The van der Waals surface area contributed by atoms with E-state index in [0.717, 1.165) is 17.9 Å². The molecule has 1 aromatic heterocycles. The second kappa shape index (κ2) is 6.75. The lowest BCUT2D eigenvalue weighted by Gasteiger charge is -2.24. The standard InChI is InChI=1S/C13H18N4O3S/c1-3-14-12-11(6-10(7-15-12)17(19)20)13(18)16(2)9-4-5-21-8-9/h6-7,9H,3-5,8H2,1-2H3,(H,14,15). The first-order valence-corrected chi connectivity index (χ1v) is 7.93. The van der Waals surface area contributed by atoms with E-state index in [1.54, 1.807) is 11.9 Å². The molecule has 0 bridgehead atoms. The van der Waals surface area contributed by atoms with Gasteiger partial charge in [0.15, 0.2) is 0 Å². The van der Waals surface area contributed by atoms with Crippen molar-refractivity contribution >= 4 is 29.2 Å². The van der Waals surface area contributed by atoms with Gasteiger partial charge in [-0.2, -0.15) is 11.8 Å². The first-order valence-electron chi connectivity index (χ1n) is 6.77. The van der Waals surface area contributed by atoms with Gasteiger partial charge < -0.3 is 10.2 Å². The highest BCUT2D eigenvalue weighted by atomic mass is 32.2. The fourth-order valence-corrected chi connectivity index (χ4v) is 3.48. The number of carbonyl (C=O) groups excluding carboxylic acids is 1. The van der Waals surface area contributed by atoms with Gasteiger partial charge in [0.1, 0.15) is 12.0 Å². The summed E-state index contributed by atoms with van der Waals surface area (Å²) in [5.41, 5.74) is 0.0830. The number of pyridine rings is 1. The van der Waals surface area contributed by atoms with E-state index in [9.17, 15) is 14.9 Å². The van der Waals surface area contributed by atoms with Crippen molar-refractivity contribution in [1.82, 2.24) is 9.88 Å². The van der Waals surface area contributed by atoms with Crippen molar-refractivity contribution in [2.75, 3.05) is 30.4 Å². The number of nitrogens with zero attached hydrogens (tertiary/aromatic N) is 3. The summed E-state index contributed by atoms with van der Waals surface area (Å²) in [6.07, 6.45) is 2.12. The van der Waals surface area contributed by atoms with Crippen LogP contribution in [0.3, 0.4) is 0 Å². The Bertz CT molecular complexity index is 546. The highest BCUT2D eigenvalue weighted by Gasteiger charge is 2.27. The SMILES string of the molecule is CCNc1ncc([N+](=O)[O-])cc1C(=O)N(C)C1CCSC1. The lowest BCUT2D eigenvalue weighted by Crippen LogP contribution is -2.37. The van der Waals surface area contributed by atoms with Crippen LogP contribution in [0.15, 0.2) is 12.3 Å². The van der Waals surface area contributed by atoms with Crippen molar-refractivity contribution in [2.45, 2.75) is 19.4 Å². The molecule has 1 unspecified atom stereocenters. The van der Waals surface area contributed by atoms with Gasteiger partial charge in [0.25, 0.3) is 11.6 Å². The first kappa shape index (κ1) is 15.6. The minimum Gasteiger partial charge on any atom is -0.370 e. The number of carbonyl (C=O) groups is 1. The molecule has 0 aliphatic carbocycles. The summed E-state index contributed by atoms with van der Waals surface area (Å²) in [5, 5.41) is 13.9. The molecule has 21 heavy (non-hydrogen) atoms. The molecule has 2 rings (SSSR count). The van der Waals surface area contributed by atoms with Crippen LogP contribution >= 0.6 is 11.8 Å². The van der Waals surface area contributed by atoms with Crippen molar-refractivity contribution in [3.63, 3.8) is 0 Å². The summed E-state index contributed by atoms with van der Waals surface area (Å²) in [7, 11) is 1.74. The third-order valence-electron chi connectivity index (χ3n) is 3.43. The second-order valence-electron chi connectivity index (χ2n) is 4.81. The van der Waals surface area contributed by atoms with Crippen LogP contribution in [-0.2, 0) is 0 Å². The predicted octanol–water partition coefficient (Wildman–Crippen LogP) is 2.00. The van der Waals surface area contributed by atoms with Gasteiger partial charge in [0, 0.05) is 31.5 Å². The van der Waals surface area contributed by atoms with E-state index >= 15 is 0 Å². The molecule has 1 amide bonds. The Morgan fingerprint density at radius 1 is 1.67 bits per heavy atom. The number of nitrogens with one attached hydrogen (secondary N) is 1. The van der Waals surface area contributed by atoms with Crippen LogP contribution in [-0.4, -0.2) is 51.9 Å². The summed E-state index contributed by atoms with van der Waals surface area (Å²) in [6, 6.07) is 1.47. The number of aromatic nitrogens is 1. The fraction of sp³-hybridized carbons (Fsp3) is 0.538. The monoisotopic (exact) mass is 310 g/mol. The minimum atomic E-state index is -0.537. The minimum absolute atomic E-state index is 0.172. The van der Waals surface area contributed by atoms with E-state index in [-0.39, 0.29) is 23.2 Å². The summed E-state index contributed by atoms with van der Waals surface area (Å²) in [6.45, 7) is 2.47. The van der Waals surface area contributed by atoms with E-state index < -0.39 is 4.92 Å². The highest BCUT2D eigenvalue weighted by Crippen LogP contribution is 2.25. The first-order chi connectivity index (χ1) is 10.0. The molecule has 1 aromatic rings. The Labute approximate surface area is 127 Å². The summed E-state index contributed by atoms with van der Waals surface area (Å²) in [4.78, 5) is 28.6. The lowest BCUT2D eigenvalue weighted by molar-refractivity contribution is -0.385. The highest BCUT2D eigenvalue weighted by molar-refractivity contribution is 7.99. The van der Waals surface area contributed by atoms with Gasteiger partial charge in [0.05, 0.1) is 10.5 Å². The Morgan fingerprint density at radius 2 is 2.43 bits per heavy atom. The Morgan fingerprint density at radius 3 is 3.00 bits per heavy atom. The van der Waals surface area contributed by atoms with E-state index in [4.69, 9.17) is 0 Å². The van der Waals surface area contributed by atoms with Crippen LogP contribution in [0, 0.1) is 10.1 Å². The molecule has 7 nitrogen and oxygen atoms in total. The number of nitro groups is 1. The topological polar surface area (TPSA) is 88.4 Å². The van der Waals surface area contributed by atoms with E-state index in [1.165, 1.54) is 12.3 Å². The number of thioether (sulfide) groups is 1. The van der Waals surface area contributed by atoms with Gasteiger partial charge in [-0.15, -0.1) is 0 Å². The molecule has 1 saturated heterocycles. The van der Waals surface area contributed by atoms with Crippen LogP contribution in [0.25, 0.3) is 0 Å². The Balaban J connectivity index is 2.31. The largest absolute Gasteiger partial charge is 0.370 e. The number of hydrogen-bond acceptors (Lipinski definition) is 6. The molecule has 1 aliphatic rings. The van der Waals surface area contributed by atoms with Gasteiger partial charge >= 0.3 is 0 Å². The molecule has 2 heterocycles. The van der Waals surface area contributed by atoms with Crippen molar-refractivity contribution < 1.29 is 9.72 Å². The zero-order valence-corrected chi connectivity index (χ0v) is 12.9. The van der Waals surface area contributed by atoms with Crippen LogP contribution in [0.5, 0.6) is 0 Å². The van der Waals surface area contributed by atoms with Gasteiger partial charge in [-0.25, -0.2) is 4.98 Å². The molecule has 1 N–H and O–H groups in total. The van der Waals surface area contributed by atoms with Gasteiger partial charge in [0.2, 0.25) is 0 Å². The zero-order chi connectivity index (χ0) is 15.4. The molecule has 114 valence electrons. The van der Waals surface area contributed by atoms with Crippen molar-refractivity contribution in [1.29, 1.82) is 0 Å². The summed E-state index contributed by atoms with van der Waals surface area (Å²) >= 11 is 1.81. The number of rotatable bonds is 5. The molecule has 0 radical (unpaired) electrons. The van der Waals surface area contributed by atoms with Crippen LogP contribution in [0.4, 0.5) is 11.5 Å². The maximum Gasteiger partial charge on any atom is 0.288 e. The maximum atomic E-state index is 12.6. The van der Waals surface area contributed by atoms with Crippen LogP contribution in [0.2, 0.25) is 0 Å². The van der Waals surface area contributed by atoms with Gasteiger partial charge in [-0.05, 0) is 19.1 Å². The molecule has 0 spiro atoms. The summed E-state index contributed by atoms with van der Waals surface area (Å²) < 4.78 is 0. The van der Waals surface area contributed by atoms with E-state index in [1.807, 2.05) is 18.7 Å². The number of anilines is 1. The van der Waals surface area contributed by atoms with Gasteiger partial charge in [-0.3, -0.25) is 14.9 Å². The molecule has 1 atom stereocenters. The van der Waals surface area contributed by atoms with Gasteiger partial charge in [-0.1, -0.05) is 0 Å². The Hall–Kier alpha value is -1.83. The maximum absolute atomic E-state index is 12.6. The van der Waals surface area contributed by atoms with Crippen molar-refractivity contribution in [3.8, 4) is 0 Å². The molecule has 8 heteroatoms. The van der Waals surface area contributed by atoms with Crippen molar-refractivity contribution in [3.05, 3.63) is 27.9 Å². The third-order valence-corrected chi connectivity index (χ3v) is 4.58. The second-order valence-corrected chi connectivity index (χ2v) is 5.96. The van der Waals surface area contributed by atoms with E-state index in [2.05, 4.69) is 10.3 Å². The molecular formula is C13H18N4O3S. The average Bonchev–Trinajstić information content (AvgIpc) is 3.00. The van der Waals surface area contributed by atoms with Crippen LogP contribution in [0.1, 0.15) is 23.7 Å². The molecule has 0 aromatic carbocycles. The molecule has 1 aliphatic heterocycles. The lowest BCUT2D eigenvalue weighted by atomic mass is 10.1. The third kappa shape index (κ3) is 3.44. The fourth-order valence-electron chi connectivity index (χ4n) is 2.21. The molecule has 0 saturated carbocycles. The van der Waals surface area contributed by atoms with E-state index in [0.29, 0.717) is 12.4 Å². The number of amides is 1. The normalized spacial score (nSPS) is 17.5. The Kier molecular flexibility index (Phi) is 5.00. The quantitative estimate of drug-likeness (QED) is 0.661. The van der Waals surface area contributed by atoms with Crippen LogP contribution < -0.4 is 5.32 Å². The molecule has 1 fully saturated rings. The van der Waals surface area contributed by atoms with Crippen molar-refractivity contribution in [2.24, 2.45) is 0 Å². The predicted molar refractivity (Wildman–Crippen MR) is 82.9 cm³/mol. The molecular weight excluding hydrogens is 292 g/mol. The zero-order valence-electron chi connectivity index (χ0n) is 12.0.